The minimum atomic E-state index is -1.01. The SMILES string of the molecule is CCOC(=O)[C@H]1C(=O)N(CCOC)c2nc3ccccc3n2[C@H]1c1ccccc1C. The highest BCUT2D eigenvalue weighted by atomic mass is 16.5. The number of rotatable bonds is 6. The molecule has 7 heteroatoms. The van der Waals surface area contributed by atoms with Gasteiger partial charge in [-0.2, -0.15) is 0 Å². The molecule has 0 spiro atoms. The van der Waals surface area contributed by atoms with Crippen molar-refractivity contribution in [1.29, 1.82) is 0 Å². The van der Waals surface area contributed by atoms with Crippen LogP contribution in [-0.4, -0.2) is 48.3 Å². The van der Waals surface area contributed by atoms with Gasteiger partial charge in [0.2, 0.25) is 11.9 Å². The van der Waals surface area contributed by atoms with E-state index in [9.17, 15) is 9.59 Å². The van der Waals surface area contributed by atoms with Gasteiger partial charge in [-0.15, -0.1) is 0 Å². The smallest absolute Gasteiger partial charge is 0.321 e. The number of carbonyl (C=O) groups is 2. The Bertz CT molecular complexity index is 1090. The molecule has 0 radical (unpaired) electrons. The molecule has 0 fully saturated rings. The first-order valence-electron chi connectivity index (χ1n) is 10.1. The number of fused-ring (bicyclic) bond motifs is 3. The zero-order valence-corrected chi connectivity index (χ0v) is 17.4. The number of nitrogens with zero attached hydrogens (tertiary/aromatic N) is 3. The Kier molecular flexibility index (Phi) is 5.55. The number of anilines is 1. The standard InChI is InChI=1S/C23H25N3O4/c1-4-30-22(28)19-20(16-10-6-5-9-15(16)2)26-18-12-8-7-11-17(18)24-23(26)25(21(19)27)13-14-29-3/h5-12,19-20H,4,13-14H2,1-3H3/t19-,20+/m1/s1. The van der Waals surface area contributed by atoms with Crippen LogP contribution in [0, 0.1) is 12.8 Å². The minimum absolute atomic E-state index is 0.207. The number of methoxy groups -OCH3 is 1. The summed E-state index contributed by atoms with van der Waals surface area (Å²) in [4.78, 5) is 32.9. The Labute approximate surface area is 175 Å². The molecule has 30 heavy (non-hydrogen) atoms. The van der Waals surface area contributed by atoms with Gasteiger partial charge in [0.1, 0.15) is 0 Å². The second kappa shape index (κ2) is 8.28. The number of ether oxygens (including phenoxy) is 2. The fourth-order valence-corrected chi connectivity index (χ4v) is 4.14. The van der Waals surface area contributed by atoms with E-state index in [-0.39, 0.29) is 12.5 Å². The van der Waals surface area contributed by atoms with Gasteiger partial charge in [-0.3, -0.25) is 14.5 Å². The predicted molar refractivity (Wildman–Crippen MR) is 113 cm³/mol. The lowest BCUT2D eigenvalue weighted by atomic mass is 9.87. The summed E-state index contributed by atoms with van der Waals surface area (Å²) in [5.74, 6) is -1.33. The molecule has 1 aliphatic heterocycles. The number of hydrogen-bond donors (Lipinski definition) is 0. The molecule has 2 heterocycles. The van der Waals surface area contributed by atoms with Crippen molar-refractivity contribution in [2.45, 2.75) is 19.9 Å². The van der Waals surface area contributed by atoms with Crippen molar-refractivity contribution in [3.05, 3.63) is 59.7 Å². The molecule has 156 valence electrons. The van der Waals surface area contributed by atoms with Crippen molar-refractivity contribution in [3.8, 4) is 0 Å². The largest absolute Gasteiger partial charge is 0.465 e. The molecule has 1 amide bonds. The van der Waals surface area contributed by atoms with Crippen molar-refractivity contribution in [3.63, 3.8) is 0 Å². The molecule has 0 bridgehead atoms. The van der Waals surface area contributed by atoms with E-state index in [4.69, 9.17) is 14.5 Å². The van der Waals surface area contributed by atoms with Crippen LogP contribution in [0.4, 0.5) is 5.95 Å². The third kappa shape index (κ3) is 3.25. The predicted octanol–water partition coefficient (Wildman–Crippen LogP) is 3.11. The molecule has 1 aromatic heterocycles. The molecular formula is C23H25N3O4. The van der Waals surface area contributed by atoms with Gasteiger partial charge in [-0.25, -0.2) is 4.98 Å². The summed E-state index contributed by atoms with van der Waals surface area (Å²) in [7, 11) is 1.58. The van der Waals surface area contributed by atoms with E-state index >= 15 is 0 Å². The van der Waals surface area contributed by atoms with Gasteiger partial charge in [-0.05, 0) is 37.1 Å². The lowest BCUT2D eigenvalue weighted by Gasteiger charge is -2.38. The summed E-state index contributed by atoms with van der Waals surface area (Å²) in [6, 6.07) is 15.0. The molecular weight excluding hydrogens is 382 g/mol. The van der Waals surface area contributed by atoms with Gasteiger partial charge in [0.15, 0.2) is 5.92 Å². The van der Waals surface area contributed by atoms with Crippen molar-refractivity contribution in [1.82, 2.24) is 9.55 Å². The molecule has 0 unspecified atom stereocenters. The number of amides is 1. The number of imidazole rings is 1. The normalized spacial score (nSPS) is 18.5. The van der Waals surface area contributed by atoms with Crippen LogP contribution >= 0.6 is 0 Å². The van der Waals surface area contributed by atoms with Gasteiger partial charge in [0, 0.05) is 7.11 Å². The molecule has 4 rings (SSSR count). The Morgan fingerprint density at radius 3 is 2.60 bits per heavy atom. The third-order valence-electron chi connectivity index (χ3n) is 5.51. The van der Waals surface area contributed by atoms with Crippen LogP contribution < -0.4 is 4.90 Å². The molecule has 0 saturated heterocycles. The second-order valence-corrected chi connectivity index (χ2v) is 7.28. The van der Waals surface area contributed by atoms with Gasteiger partial charge < -0.3 is 14.0 Å². The van der Waals surface area contributed by atoms with Crippen LogP contribution in [0.3, 0.4) is 0 Å². The highest BCUT2D eigenvalue weighted by Crippen LogP contribution is 2.41. The average molecular weight is 407 g/mol. The van der Waals surface area contributed by atoms with Gasteiger partial charge in [-0.1, -0.05) is 36.4 Å². The number of benzene rings is 2. The minimum Gasteiger partial charge on any atom is -0.465 e. The summed E-state index contributed by atoms with van der Waals surface area (Å²) < 4.78 is 12.6. The van der Waals surface area contributed by atoms with Crippen LogP contribution in [-0.2, 0) is 19.1 Å². The van der Waals surface area contributed by atoms with E-state index in [2.05, 4.69) is 0 Å². The highest BCUT2D eigenvalue weighted by Gasteiger charge is 2.48. The van der Waals surface area contributed by atoms with E-state index in [0.29, 0.717) is 19.1 Å². The second-order valence-electron chi connectivity index (χ2n) is 7.28. The molecule has 0 aliphatic carbocycles. The van der Waals surface area contributed by atoms with E-state index < -0.39 is 17.9 Å². The molecule has 0 saturated carbocycles. The van der Waals surface area contributed by atoms with Gasteiger partial charge >= 0.3 is 5.97 Å². The zero-order valence-electron chi connectivity index (χ0n) is 17.4. The summed E-state index contributed by atoms with van der Waals surface area (Å²) in [5.41, 5.74) is 3.54. The maximum absolute atomic E-state index is 13.6. The fourth-order valence-electron chi connectivity index (χ4n) is 4.14. The van der Waals surface area contributed by atoms with Crippen LogP contribution in [0.25, 0.3) is 11.0 Å². The quantitative estimate of drug-likeness (QED) is 0.464. The van der Waals surface area contributed by atoms with Crippen molar-refractivity contribution < 1.29 is 19.1 Å². The topological polar surface area (TPSA) is 73.7 Å². The van der Waals surface area contributed by atoms with E-state index in [1.54, 1.807) is 18.9 Å². The first-order valence-corrected chi connectivity index (χ1v) is 10.1. The number of hydrogen-bond acceptors (Lipinski definition) is 5. The summed E-state index contributed by atoms with van der Waals surface area (Å²) in [6.07, 6.45) is 0. The van der Waals surface area contributed by atoms with E-state index in [1.165, 1.54) is 0 Å². The van der Waals surface area contributed by atoms with Gasteiger partial charge in [0.05, 0.1) is 36.8 Å². The lowest BCUT2D eigenvalue weighted by molar-refractivity contribution is -0.153. The number of carbonyl (C=O) groups excluding carboxylic acids is 2. The van der Waals surface area contributed by atoms with E-state index in [1.807, 2.05) is 60.0 Å². The van der Waals surface area contributed by atoms with Crippen LogP contribution in [0.2, 0.25) is 0 Å². The van der Waals surface area contributed by atoms with Gasteiger partial charge in [0.25, 0.3) is 0 Å². The molecule has 2 aromatic carbocycles. The highest BCUT2D eigenvalue weighted by molar-refractivity contribution is 6.08. The maximum Gasteiger partial charge on any atom is 0.321 e. The molecule has 2 atom stereocenters. The van der Waals surface area contributed by atoms with Crippen LogP contribution in [0.15, 0.2) is 48.5 Å². The summed E-state index contributed by atoms with van der Waals surface area (Å²) in [6.45, 7) is 4.57. The first kappa shape index (κ1) is 20.1. The maximum atomic E-state index is 13.6. The molecule has 0 N–H and O–H groups in total. The third-order valence-corrected chi connectivity index (χ3v) is 5.51. The van der Waals surface area contributed by atoms with Crippen LogP contribution in [0.5, 0.6) is 0 Å². The monoisotopic (exact) mass is 407 g/mol. The van der Waals surface area contributed by atoms with Crippen molar-refractivity contribution in [2.24, 2.45) is 5.92 Å². The number of para-hydroxylation sites is 2. The number of esters is 1. The zero-order chi connectivity index (χ0) is 21.3. The fraction of sp³-hybridized carbons (Fsp3) is 0.348. The molecule has 7 nitrogen and oxygen atoms in total. The lowest BCUT2D eigenvalue weighted by Crippen LogP contribution is -2.51. The Balaban J connectivity index is 2.00. The Morgan fingerprint density at radius 2 is 1.87 bits per heavy atom. The summed E-state index contributed by atoms with van der Waals surface area (Å²) >= 11 is 0. The van der Waals surface area contributed by atoms with Crippen molar-refractivity contribution >= 4 is 28.9 Å². The molecule has 3 aromatic rings. The summed E-state index contributed by atoms with van der Waals surface area (Å²) in [5, 5.41) is 0. The van der Waals surface area contributed by atoms with E-state index in [0.717, 1.165) is 22.2 Å². The molecule has 1 aliphatic rings. The first-order chi connectivity index (χ1) is 14.6. The Hall–Kier alpha value is -3.19. The average Bonchev–Trinajstić information content (AvgIpc) is 3.12. The van der Waals surface area contributed by atoms with Crippen molar-refractivity contribution in [2.75, 3.05) is 31.8 Å². The number of aromatic nitrogens is 2. The Morgan fingerprint density at radius 1 is 1.13 bits per heavy atom. The van der Waals surface area contributed by atoms with Crippen LogP contribution in [0.1, 0.15) is 24.1 Å². The number of aryl methyl sites for hydroxylation is 1.